The molecule has 1 heterocycles. The second kappa shape index (κ2) is 7.27. The van der Waals surface area contributed by atoms with Crippen molar-refractivity contribution < 1.29 is 14.7 Å². The van der Waals surface area contributed by atoms with E-state index >= 15 is 0 Å². The zero-order valence-electron chi connectivity index (χ0n) is 10.4. The van der Waals surface area contributed by atoms with E-state index in [4.69, 9.17) is 5.11 Å². The number of hydrogen-bond acceptors (Lipinski definition) is 3. The van der Waals surface area contributed by atoms with Crippen molar-refractivity contribution in [3.05, 3.63) is 0 Å². The topological polar surface area (TPSA) is 69.6 Å². The molecule has 17 heavy (non-hydrogen) atoms. The van der Waals surface area contributed by atoms with Gasteiger partial charge in [-0.05, 0) is 31.7 Å². The zero-order valence-corrected chi connectivity index (χ0v) is 10.4. The summed E-state index contributed by atoms with van der Waals surface area (Å²) in [5.41, 5.74) is 0. The summed E-state index contributed by atoms with van der Waals surface area (Å²) < 4.78 is 0. The van der Waals surface area contributed by atoms with Gasteiger partial charge in [-0.3, -0.25) is 9.59 Å². The molecule has 1 rings (SSSR count). The maximum atomic E-state index is 11.5. The van der Waals surface area contributed by atoms with E-state index in [1.54, 1.807) is 0 Å². The van der Waals surface area contributed by atoms with E-state index in [2.05, 4.69) is 5.32 Å². The molecule has 1 aliphatic rings. The molecule has 1 amide bonds. The van der Waals surface area contributed by atoms with Gasteiger partial charge in [-0.15, -0.1) is 0 Å². The van der Waals surface area contributed by atoms with E-state index in [0.717, 1.165) is 32.5 Å². The van der Waals surface area contributed by atoms with Crippen LogP contribution in [-0.4, -0.2) is 48.1 Å². The van der Waals surface area contributed by atoms with Crippen molar-refractivity contribution in [1.82, 2.24) is 10.2 Å². The molecule has 0 radical (unpaired) electrons. The lowest BCUT2D eigenvalue weighted by atomic mass is 10.0. The molecule has 0 saturated carbocycles. The average Bonchev–Trinajstić information content (AvgIpc) is 2.19. The molecule has 0 spiro atoms. The molecule has 0 aromatic rings. The second-order valence-corrected chi connectivity index (χ2v) is 4.74. The Hall–Kier alpha value is -1.10. The largest absolute Gasteiger partial charge is 0.481 e. The number of rotatable bonds is 8. The number of nitrogens with one attached hydrogen (secondary N) is 1. The molecule has 5 heteroatoms. The number of nitrogens with zero attached hydrogens (tertiary/aromatic N) is 1. The van der Waals surface area contributed by atoms with E-state index in [1.165, 1.54) is 0 Å². The van der Waals surface area contributed by atoms with Gasteiger partial charge in [-0.2, -0.15) is 0 Å². The molecule has 1 fully saturated rings. The minimum Gasteiger partial charge on any atom is -0.481 e. The Morgan fingerprint density at radius 2 is 2.06 bits per heavy atom. The van der Waals surface area contributed by atoms with Gasteiger partial charge in [0.25, 0.3) is 0 Å². The standard InChI is InChI=1S/C12H22N2O3/c1-10(3-4-12(16)17)5-6-13-9-11(15)14-7-2-8-14/h10,13H,2-9H2,1H3,(H,16,17). The molecule has 1 saturated heterocycles. The smallest absolute Gasteiger partial charge is 0.303 e. The molecule has 0 aliphatic carbocycles. The highest BCUT2D eigenvalue weighted by Crippen LogP contribution is 2.09. The Morgan fingerprint density at radius 3 is 2.59 bits per heavy atom. The highest BCUT2D eigenvalue weighted by atomic mass is 16.4. The van der Waals surface area contributed by atoms with Crippen LogP contribution in [0.3, 0.4) is 0 Å². The van der Waals surface area contributed by atoms with Crippen molar-refractivity contribution >= 4 is 11.9 Å². The zero-order chi connectivity index (χ0) is 12.7. The molecule has 1 aliphatic heterocycles. The maximum absolute atomic E-state index is 11.5. The molecule has 2 N–H and O–H groups in total. The summed E-state index contributed by atoms with van der Waals surface area (Å²) in [6, 6.07) is 0. The summed E-state index contributed by atoms with van der Waals surface area (Å²) >= 11 is 0. The van der Waals surface area contributed by atoms with Gasteiger partial charge in [0.2, 0.25) is 5.91 Å². The summed E-state index contributed by atoms with van der Waals surface area (Å²) in [4.78, 5) is 23.7. The van der Waals surface area contributed by atoms with Gasteiger partial charge >= 0.3 is 5.97 Å². The first kappa shape index (κ1) is 14.0. The normalized spacial score (nSPS) is 16.4. The van der Waals surface area contributed by atoms with E-state index in [1.807, 2.05) is 11.8 Å². The van der Waals surface area contributed by atoms with Crippen LogP contribution in [0.1, 0.15) is 32.6 Å². The van der Waals surface area contributed by atoms with E-state index in [0.29, 0.717) is 18.9 Å². The van der Waals surface area contributed by atoms with Gasteiger partial charge in [0, 0.05) is 19.5 Å². The Labute approximate surface area is 102 Å². The highest BCUT2D eigenvalue weighted by molar-refractivity contribution is 5.78. The van der Waals surface area contributed by atoms with Crippen molar-refractivity contribution in [2.45, 2.75) is 32.6 Å². The Bertz CT molecular complexity index is 264. The number of carbonyl (C=O) groups is 2. The number of amides is 1. The molecule has 1 atom stereocenters. The number of hydrogen-bond donors (Lipinski definition) is 2. The van der Waals surface area contributed by atoms with Crippen molar-refractivity contribution in [2.75, 3.05) is 26.2 Å². The Balaban J connectivity index is 1.95. The Morgan fingerprint density at radius 1 is 1.35 bits per heavy atom. The third-order valence-corrected chi connectivity index (χ3v) is 3.15. The predicted molar refractivity (Wildman–Crippen MR) is 64.7 cm³/mol. The fourth-order valence-corrected chi connectivity index (χ4v) is 1.74. The van der Waals surface area contributed by atoms with Crippen LogP contribution in [-0.2, 0) is 9.59 Å². The molecular formula is C12H22N2O3. The summed E-state index contributed by atoms with van der Waals surface area (Å²) in [6.07, 6.45) is 2.98. The molecular weight excluding hydrogens is 220 g/mol. The van der Waals surface area contributed by atoms with Gasteiger partial charge in [0.05, 0.1) is 6.54 Å². The van der Waals surface area contributed by atoms with Crippen LogP contribution in [0.5, 0.6) is 0 Å². The minimum absolute atomic E-state index is 0.175. The van der Waals surface area contributed by atoms with E-state index in [9.17, 15) is 9.59 Å². The molecule has 98 valence electrons. The summed E-state index contributed by atoms with van der Waals surface area (Å²) in [5.74, 6) is -0.176. The number of carboxylic acid groups (broad SMARTS) is 1. The maximum Gasteiger partial charge on any atom is 0.303 e. The van der Waals surface area contributed by atoms with Crippen LogP contribution in [0.15, 0.2) is 0 Å². The van der Waals surface area contributed by atoms with Crippen LogP contribution in [0, 0.1) is 5.92 Å². The summed E-state index contributed by atoms with van der Waals surface area (Å²) in [7, 11) is 0. The molecule has 0 bridgehead atoms. The molecule has 5 nitrogen and oxygen atoms in total. The third kappa shape index (κ3) is 5.68. The second-order valence-electron chi connectivity index (χ2n) is 4.74. The van der Waals surface area contributed by atoms with Crippen molar-refractivity contribution in [2.24, 2.45) is 5.92 Å². The fraction of sp³-hybridized carbons (Fsp3) is 0.833. The summed E-state index contributed by atoms with van der Waals surface area (Å²) in [5, 5.41) is 11.6. The van der Waals surface area contributed by atoms with Crippen LogP contribution in [0.4, 0.5) is 0 Å². The van der Waals surface area contributed by atoms with Crippen LogP contribution in [0.25, 0.3) is 0 Å². The molecule has 0 aromatic carbocycles. The molecule has 0 aromatic heterocycles. The number of carbonyl (C=O) groups excluding carboxylic acids is 1. The lowest BCUT2D eigenvalue weighted by Gasteiger charge is -2.31. The number of likely N-dealkylation sites (tertiary alicyclic amines) is 1. The fourth-order valence-electron chi connectivity index (χ4n) is 1.74. The van der Waals surface area contributed by atoms with Gasteiger partial charge in [-0.25, -0.2) is 0 Å². The minimum atomic E-state index is -0.738. The SMILES string of the molecule is CC(CCNCC(=O)N1CCC1)CCC(=O)O. The lowest BCUT2D eigenvalue weighted by Crippen LogP contribution is -2.46. The van der Waals surface area contributed by atoms with Crippen LogP contribution in [0.2, 0.25) is 0 Å². The first-order valence-corrected chi connectivity index (χ1v) is 6.30. The quantitative estimate of drug-likeness (QED) is 0.615. The van der Waals surface area contributed by atoms with Crippen molar-refractivity contribution in [3.63, 3.8) is 0 Å². The molecule has 1 unspecified atom stereocenters. The first-order chi connectivity index (χ1) is 8.09. The first-order valence-electron chi connectivity index (χ1n) is 6.30. The highest BCUT2D eigenvalue weighted by Gasteiger charge is 2.19. The average molecular weight is 242 g/mol. The van der Waals surface area contributed by atoms with Crippen LogP contribution < -0.4 is 5.32 Å². The van der Waals surface area contributed by atoms with Gasteiger partial charge in [-0.1, -0.05) is 6.92 Å². The van der Waals surface area contributed by atoms with E-state index in [-0.39, 0.29) is 12.3 Å². The van der Waals surface area contributed by atoms with E-state index < -0.39 is 5.97 Å². The van der Waals surface area contributed by atoms with Gasteiger partial charge in [0.15, 0.2) is 0 Å². The number of aliphatic carboxylic acids is 1. The van der Waals surface area contributed by atoms with Crippen molar-refractivity contribution in [3.8, 4) is 0 Å². The van der Waals surface area contributed by atoms with Crippen LogP contribution >= 0.6 is 0 Å². The van der Waals surface area contributed by atoms with Gasteiger partial charge in [0.1, 0.15) is 0 Å². The number of carboxylic acids is 1. The van der Waals surface area contributed by atoms with Gasteiger partial charge < -0.3 is 15.3 Å². The lowest BCUT2D eigenvalue weighted by molar-refractivity contribution is -0.137. The summed E-state index contributed by atoms with van der Waals surface area (Å²) in [6.45, 7) is 5.03. The monoisotopic (exact) mass is 242 g/mol. The Kier molecular flexibility index (Phi) is 5.97. The third-order valence-electron chi connectivity index (χ3n) is 3.15. The van der Waals surface area contributed by atoms with Crippen molar-refractivity contribution in [1.29, 1.82) is 0 Å². The predicted octanol–water partition coefficient (Wildman–Crippen LogP) is 0.699.